The maximum Gasteiger partial charge on any atom is 0.416 e. The van der Waals surface area contributed by atoms with Crippen molar-refractivity contribution in [3.63, 3.8) is 0 Å². The first kappa shape index (κ1) is 25.6. The number of nitrogens with zero attached hydrogens (tertiary/aromatic N) is 2. The molecule has 0 saturated carbocycles. The fraction of sp³-hybridized carbons (Fsp3) is 0.261. The molecule has 0 bridgehead atoms. The van der Waals surface area contributed by atoms with Gasteiger partial charge in [-0.3, -0.25) is 14.2 Å². The summed E-state index contributed by atoms with van der Waals surface area (Å²) in [6, 6.07) is 8.57. The summed E-state index contributed by atoms with van der Waals surface area (Å²) in [5.74, 6) is -0.790. The summed E-state index contributed by atoms with van der Waals surface area (Å²) in [6.07, 6.45) is -2.26. The number of halogens is 5. The Balaban J connectivity index is 2.05. The molecule has 1 aromatic heterocycles. The van der Waals surface area contributed by atoms with Crippen molar-refractivity contribution in [3.8, 4) is 5.69 Å². The zero-order valence-electron chi connectivity index (χ0n) is 18.0. The molecule has 2 aromatic carbocycles. The molecule has 0 aliphatic rings. The third-order valence-corrected chi connectivity index (χ3v) is 5.76. The molecule has 3 rings (SSSR count). The number of benzene rings is 2. The van der Waals surface area contributed by atoms with E-state index in [0.29, 0.717) is 34.1 Å². The van der Waals surface area contributed by atoms with E-state index in [2.05, 4.69) is 5.32 Å². The molecule has 34 heavy (non-hydrogen) atoms. The molecule has 0 fully saturated rings. The van der Waals surface area contributed by atoms with Gasteiger partial charge in [0, 0.05) is 19.3 Å². The number of nitrogens with one attached hydrogen (secondary N) is 1. The highest BCUT2D eigenvalue weighted by Crippen LogP contribution is 2.30. The molecule has 1 N–H and O–H groups in total. The fourth-order valence-corrected chi connectivity index (χ4v) is 3.54. The molecule has 1 heterocycles. The number of rotatable bonds is 7. The van der Waals surface area contributed by atoms with Crippen LogP contribution in [0, 0.1) is 0 Å². The van der Waals surface area contributed by atoms with E-state index in [-0.39, 0.29) is 29.4 Å². The molecular formula is C23H20Cl2F3N3O3. The van der Waals surface area contributed by atoms with Crippen molar-refractivity contribution in [2.75, 3.05) is 0 Å². The van der Waals surface area contributed by atoms with Gasteiger partial charge in [-0.25, -0.2) is 9.36 Å². The second-order valence-electron chi connectivity index (χ2n) is 7.49. The van der Waals surface area contributed by atoms with Crippen molar-refractivity contribution < 1.29 is 18.0 Å². The van der Waals surface area contributed by atoms with Crippen LogP contribution in [-0.4, -0.2) is 15.0 Å². The van der Waals surface area contributed by atoms with Crippen LogP contribution in [0.5, 0.6) is 0 Å². The zero-order valence-corrected chi connectivity index (χ0v) is 19.5. The Morgan fingerprint density at radius 2 is 1.79 bits per heavy atom. The smallest absolute Gasteiger partial charge is 0.348 e. The summed E-state index contributed by atoms with van der Waals surface area (Å²) < 4.78 is 41.3. The topological polar surface area (TPSA) is 73.1 Å². The van der Waals surface area contributed by atoms with Crippen molar-refractivity contribution in [2.24, 2.45) is 0 Å². The molecule has 0 radical (unpaired) electrons. The van der Waals surface area contributed by atoms with Gasteiger partial charge in [-0.1, -0.05) is 48.7 Å². The average molecular weight is 514 g/mol. The molecule has 6 nitrogen and oxygen atoms in total. The van der Waals surface area contributed by atoms with Gasteiger partial charge in [0.15, 0.2) is 0 Å². The van der Waals surface area contributed by atoms with Crippen LogP contribution in [-0.2, 0) is 19.3 Å². The van der Waals surface area contributed by atoms with E-state index in [0.717, 1.165) is 22.9 Å². The Morgan fingerprint density at radius 3 is 2.44 bits per heavy atom. The third-order valence-electron chi connectivity index (χ3n) is 5.02. The molecule has 3 aromatic rings. The number of hydrogen-bond donors (Lipinski definition) is 1. The van der Waals surface area contributed by atoms with E-state index in [4.69, 9.17) is 23.2 Å². The summed E-state index contributed by atoms with van der Waals surface area (Å²) in [6.45, 7) is 2.08. The maximum atomic E-state index is 13.2. The SMILES string of the molecule is CCCCn1cc(C(=O)NCc2ccc(Cl)c(Cl)c2)c(=O)n(-c2cccc(C(F)(F)F)c2)c1=O. The normalized spacial score (nSPS) is 11.5. The number of aryl methyl sites for hydroxylation is 1. The van der Waals surface area contributed by atoms with Gasteiger partial charge in [-0.15, -0.1) is 0 Å². The lowest BCUT2D eigenvalue weighted by molar-refractivity contribution is -0.137. The Labute approximate surface area is 202 Å². The minimum atomic E-state index is -4.67. The van der Waals surface area contributed by atoms with E-state index in [1.54, 1.807) is 18.2 Å². The van der Waals surface area contributed by atoms with Crippen LogP contribution < -0.4 is 16.6 Å². The number of amides is 1. The lowest BCUT2D eigenvalue weighted by Gasteiger charge is -2.14. The summed E-state index contributed by atoms with van der Waals surface area (Å²) in [7, 11) is 0. The van der Waals surface area contributed by atoms with Crippen LogP contribution in [0.1, 0.15) is 41.3 Å². The molecule has 0 spiro atoms. The molecule has 0 atom stereocenters. The average Bonchev–Trinajstić information content (AvgIpc) is 2.79. The third kappa shape index (κ3) is 5.71. The number of hydrogen-bond acceptors (Lipinski definition) is 3. The highest BCUT2D eigenvalue weighted by molar-refractivity contribution is 6.42. The van der Waals surface area contributed by atoms with Gasteiger partial charge in [-0.2, -0.15) is 13.2 Å². The minimum Gasteiger partial charge on any atom is -0.348 e. The van der Waals surface area contributed by atoms with Crippen LogP contribution in [0.25, 0.3) is 5.69 Å². The molecular weight excluding hydrogens is 494 g/mol. The number of unbranched alkanes of at least 4 members (excludes halogenated alkanes) is 1. The first-order chi connectivity index (χ1) is 16.0. The van der Waals surface area contributed by atoms with Gasteiger partial charge in [0.1, 0.15) is 5.56 Å². The van der Waals surface area contributed by atoms with Crippen LogP contribution in [0.2, 0.25) is 10.0 Å². The van der Waals surface area contributed by atoms with E-state index in [1.807, 2.05) is 6.92 Å². The van der Waals surface area contributed by atoms with Gasteiger partial charge in [0.25, 0.3) is 11.5 Å². The molecule has 11 heteroatoms. The predicted molar refractivity (Wildman–Crippen MR) is 124 cm³/mol. The Morgan fingerprint density at radius 1 is 1.06 bits per heavy atom. The van der Waals surface area contributed by atoms with Crippen LogP contribution >= 0.6 is 23.2 Å². The monoisotopic (exact) mass is 513 g/mol. The molecule has 0 saturated heterocycles. The van der Waals surface area contributed by atoms with Crippen LogP contribution in [0.3, 0.4) is 0 Å². The second-order valence-corrected chi connectivity index (χ2v) is 8.31. The lowest BCUT2D eigenvalue weighted by atomic mass is 10.2. The summed E-state index contributed by atoms with van der Waals surface area (Å²) in [4.78, 5) is 38.9. The molecule has 1 amide bonds. The largest absolute Gasteiger partial charge is 0.416 e. The van der Waals surface area contributed by atoms with Crippen molar-refractivity contribution in [2.45, 2.75) is 39.0 Å². The Bertz CT molecular complexity index is 1330. The van der Waals surface area contributed by atoms with Gasteiger partial charge >= 0.3 is 11.9 Å². The number of alkyl halides is 3. The van der Waals surface area contributed by atoms with Crippen molar-refractivity contribution in [3.05, 3.63) is 96.2 Å². The van der Waals surface area contributed by atoms with E-state index in [9.17, 15) is 27.6 Å². The maximum absolute atomic E-state index is 13.2. The summed E-state index contributed by atoms with van der Waals surface area (Å²) in [5, 5.41) is 3.19. The lowest BCUT2D eigenvalue weighted by Crippen LogP contribution is -2.43. The van der Waals surface area contributed by atoms with Gasteiger partial charge in [-0.05, 0) is 42.3 Å². The fourth-order valence-electron chi connectivity index (χ4n) is 3.22. The van der Waals surface area contributed by atoms with E-state index >= 15 is 0 Å². The van der Waals surface area contributed by atoms with Crippen LogP contribution in [0.15, 0.2) is 58.3 Å². The van der Waals surface area contributed by atoms with Gasteiger partial charge in [0.2, 0.25) is 0 Å². The van der Waals surface area contributed by atoms with Gasteiger partial charge in [0.05, 0.1) is 21.3 Å². The van der Waals surface area contributed by atoms with E-state index in [1.165, 1.54) is 6.07 Å². The molecule has 0 aliphatic heterocycles. The minimum absolute atomic E-state index is 0.00675. The number of carbonyl (C=O) groups excluding carboxylic acids is 1. The number of aromatic nitrogens is 2. The van der Waals surface area contributed by atoms with Crippen LogP contribution in [0.4, 0.5) is 13.2 Å². The van der Waals surface area contributed by atoms with E-state index < -0.39 is 28.9 Å². The standard InChI is InChI=1S/C23H20Cl2F3N3O3/c1-2-3-9-30-13-17(20(32)29-12-14-7-8-18(24)19(25)10-14)21(33)31(22(30)34)16-6-4-5-15(11-16)23(26,27)28/h4-8,10-11,13H,2-3,9,12H2,1H3,(H,29,32). The highest BCUT2D eigenvalue weighted by atomic mass is 35.5. The number of carbonyl (C=O) groups is 1. The Hall–Kier alpha value is -3.04. The van der Waals surface area contributed by atoms with Crippen molar-refractivity contribution in [1.82, 2.24) is 14.5 Å². The van der Waals surface area contributed by atoms with Crippen molar-refractivity contribution >= 4 is 29.1 Å². The first-order valence-corrected chi connectivity index (χ1v) is 11.0. The predicted octanol–water partition coefficient (Wildman–Crippen LogP) is 5.05. The molecule has 0 aliphatic carbocycles. The molecule has 0 unspecified atom stereocenters. The second kappa shape index (κ2) is 10.5. The van der Waals surface area contributed by atoms with Gasteiger partial charge < -0.3 is 5.32 Å². The van der Waals surface area contributed by atoms with Crippen molar-refractivity contribution in [1.29, 1.82) is 0 Å². The first-order valence-electron chi connectivity index (χ1n) is 10.3. The summed E-state index contributed by atoms with van der Waals surface area (Å²) in [5.41, 5.74) is -2.93. The Kier molecular flexibility index (Phi) is 7.89. The quantitative estimate of drug-likeness (QED) is 0.480. The zero-order chi connectivity index (χ0) is 25.0. The molecule has 180 valence electrons. The highest BCUT2D eigenvalue weighted by Gasteiger charge is 2.31. The summed E-state index contributed by atoms with van der Waals surface area (Å²) >= 11 is 11.9.